The molecule has 0 radical (unpaired) electrons. The van der Waals surface area contributed by atoms with Gasteiger partial charge in [-0.05, 0) is 27.3 Å². The second-order valence-corrected chi connectivity index (χ2v) is 4.78. The SMILES string of the molecule is CNC1CCN(c2nccn(C(C)C)c2=O)C1. The normalized spacial score (nSPS) is 20.2. The second-order valence-electron chi connectivity index (χ2n) is 4.78. The lowest BCUT2D eigenvalue weighted by Crippen LogP contribution is -2.35. The Labute approximate surface area is 101 Å². The van der Waals surface area contributed by atoms with E-state index in [0.717, 1.165) is 19.5 Å². The number of anilines is 1. The van der Waals surface area contributed by atoms with Gasteiger partial charge in [-0.3, -0.25) is 4.79 Å². The third kappa shape index (κ3) is 2.34. The number of hydrogen-bond acceptors (Lipinski definition) is 4. The standard InChI is InChI=1S/C12H20N4O/c1-9(2)16-7-5-14-11(12(16)17)15-6-4-10(8-15)13-3/h5,7,9-10,13H,4,6,8H2,1-3H3. The monoisotopic (exact) mass is 236 g/mol. The first-order valence-corrected chi connectivity index (χ1v) is 6.13. The van der Waals surface area contributed by atoms with Gasteiger partial charge in [-0.25, -0.2) is 4.98 Å². The van der Waals surface area contributed by atoms with Crippen molar-refractivity contribution < 1.29 is 0 Å². The summed E-state index contributed by atoms with van der Waals surface area (Å²) in [6.07, 6.45) is 4.53. The quantitative estimate of drug-likeness (QED) is 0.836. The zero-order valence-corrected chi connectivity index (χ0v) is 10.7. The Balaban J connectivity index is 2.28. The second kappa shape index (κ2) is 4.87. The summed E-state index contributed by atoms with van der Waals surface area (Å²) in [7, 11) is 1.96. The van der Waals surface area contributed by atoms with Gasteiger partial charge in [0.15, 0.2) is 5.82 Å². The average molecular weight is 236 g/mol. The molecule has 1 saturated heterocycles. The first-order chi connectivity index (χ1) is 8.13. The molecule has 1 aromatic heterocycles. The smallest absolute Gasteiger partial charge is 0.293 e. The van der Waals surface area contributed by atoms with Crippen molar-refractivity contribution in [2.24, 2.45) is 0 Å². The largest absolute Gasteiger partial charge is 0.350 e. The fourth-order valence-corrected chi connectivity index (χ4v) is 2.23. The van der Waals surface area contributed by atoms with Crippen molar-refractivity contribution in [3.63, 3.8) is 0 Å². The fourth-order valence-electron chi connectivity index (χ4n) is 2.23. The Morgan fingerprint density at radius 1 is 1.53 bits per heavy atom. The summed E-state index contributed by atoms with van der Waals surface area (Å²) in [6.45, 7) is 5.77. The predicted molar refractivity (Wildman–Crippen MR) is 68.6 cm³/mol. The van der Waals surface area contributed by atoms with Gasteiger partial charge in [-0.15, -0.1) is 0 Å². The Hall–Kier alpha value is -1.36. The number of nitrogens with one attached hydrogen (secondary N) is 1. The Kier molecular flexibility index (Phi) is 3.47. The molecule has 1 aliphatic heterocycles. The molecule has 5 heteroatoms. The third-order valence-electron chi connectivity index (χ3n) is 3.30. The number of rotatable bonds is 3. The van der Waals surface area contributed by atoms with Gasteiger partial charge in [0.05, 0.1) is 0 Å². The molecule has 0 aromatic carbocycles. The van der Waals surface area contributed by atoms with Gasteiger partial charge in [0.1, 0.15) is 0 Å². The minimum absolute atomic E-state index is 0.0132. The third-order valence-corrected chi connectivity index (χ3v) is 3.30. The van der Waals surface area contributed by atoms with Crippen molar-refractivity contribution in [2.45, 2.75) is 32.4 Å². The Morgan fingerprint density at radius 3 is 2.88 bits per heavy atom. The van der Waals surface area contributed by atoms with Crippen LogP contribution in [-0.2, 0) is 0 Å². The van der Waals surface area contributed by atoms with E-state index in [0.29, 0.717) is 11.9 Å². The van der Waals surface area contributed by atoms with E-state index in [1.54, 1.807) is 17.0 Å². The summed E-state index contributed by atoms with van der Waals surface area (Å²) in [5.74, 6) is 0.582. The molecule has 1 atom stereocenters. The van der Waals surface area contributed by atoms with Crippen LogP contribution in [0.4, 0.5) is 5.82 Å². The van der Waals surface area contributed by atoms with Crippen LogP contribution < -0.4 is 15.8 Å². The van der Waals surface area contributed by atoms with Crippen LogP contribution in [0, 0.1) is 0 Å². The minimum atomic E-state index is 0.0132. The summed E-state index contributed by atoms with van der Waals surface area (Å²) in [4.78, 5) is 18.5. The number of hydrogen-bond donors (Lipinski definition) is 1. The van der Waals surface area contributed by atoms with Crippen molar-refractivity contribution in [3.8, 4) is 0 Å². The molecule has 17 heavy (non-hydrogen) atoms. The highest BCUT2D eigenvalue weighted by Gasteiger charge is 2.24. The highest BCUT2D eigenvalue weighted by molar-refractivity contribution is 5.37. The maximum Gasteiger partial charge on any atom is 0.293 e. The van der Waals surface area contributed by atoms with Gasteiger partial charge in [-0.1, -0.05) is 0 Å². The Bertz CT molecular complexity index is 440. The molecule has 94 valence electrons. The van der Waals surface area contributed by atoms with Crippen LogP contribution in [0.5, 0.6) is 0 Å². The van der Waals surface area contributed by atoms with E-state index in [1.807, 2.05) is 20.9 Å². The van der Waals surface area contributed by atoms with E-state index in [4.69, 9.17) is 0 Å². The molecule has 1 fully saturated rings. The molecule has 0 amide bonds. The topological polar surface area (TPSA) is 50.2 Å². The molecule has 2 heterocycles. The summed E-state index contributed by atoms with van der Waals surface area (Å²) in [5, 5.41) is 3.24. The summed E-state index contributed by atoms with van der Waals surface area (Å²) >= 11 is 0. The molecule has 0 saturated carbocycles. The molecular formula is C12H20N4O. The molecule has 2 rings (SSSR count). The lowest BCUT2D eigenvalue weighted by molar-refractivity contribution is 0.571. The van der Waals surface area contributed by atoms with Crippen LogP contribution in [0.15, 0.2) is 17.2 Å². The van der Waals surface area contributed by atoms with Gasteiger partial charge in [0.25, 0.3) is 5.56 Å². The van der Waals surface area contributed by atoms with Gasteiger partial charge >= 0.3 is 0 Å². The first kappa shape index (κ1) is 12.1. The summed E-state index contributed by atoms with van der Waals surface area (Å²) in [5.41, 5.74) is 0.0132. The van der Waals surface area contributed by atoms with E-state index in [1.165, 1.54) is 0 Å². The van der Waals surface area contributed by atoms with Crippen LogP contribution >= 0.6 is 0 Å². The van der Waals surface area contributed by atoms with E-state index in [9.17, 15) is 4.79 Å². The summed E-state index contributed by atoms with van der Waals surface area (Å²) in [6, 6.07) is 0.635. The molecule has 1 unspecified atom stereocenters. The zero-order chi connectivity index (χ0) is 12.4. The maximum absolute atomic E-state index is 12.2. The van der Waals surface area contributed by atoms with Crippen LogP contribution in [0.2, 0.25) is 0 Å². The van der Waals surface area contributed by atoms with E-state index < -0.39 is 0 Å². The first-order valence-electron chi connectivity index (χ1n) is 6.13. The van der Waals surface area contributed by atoms with Gasteiger partial charge in [0, 0.05) is 37.6 Å². The van der Waals surface area contributed by atoms with E-state index >= 15 is 0 Å². The highest BCUT2D eigenvalue weighted by Crippen LogP contribution is 2.14. The van der Waals surface area contributed by atoms with E-state index in [-0.39, 0.29) is 11.6 Å². The van der Waals surface area contributed by atoms with Crippen LogP contribution in [0.3, 0.4) is 0 Å². The van der Waals surface area contributed by atoms with Crippen molar-refractivity contribution in [1.82, 2.24) is 14.9 Å². The lowest BCUT2D eigenvalue weighted by Gasteiger charge is -2.18. The van der Waals surface area contributed by atoms with Gasteiger partial charge in [0.2, 0.25) is 0 Å². The van der Waals surface area contributed by atoms with Crippen molar-refractivity contribution in [2.75, 3.05) is 25.0 Å². The van der Waals surface area contributed by atoms with Gasteiger partial charge < -0.3 is 14.8 Å². The predicted octanol–water partition coefficient (Wildman–Crippen LogP) is 0.622. The maximum atomic E-state index is 12.2. The number of aromatic nitrogens is 2. The molecule has 0 bridgehead atoms. The molecule has 1 aliphatic rings. The van der Waals surface area contributed by atoms with E-state index in [2.05, 4.69) is 15.2 Å². The van der Waals surface area contributed by atoms with Crippen LogP contribution in [0.1, 0.15) is 26.3 Å². The van der Waals surface area contributed by atoms with Crippen molar-refractivity contribution in [3.05, 3.63) is 22.7 Å². The molecule has 1 aromatic rings. The zero-order valence-electron chi connectivity index (χ0n) is 10.7. The molecule has 0 aliphatic carbocycles. The highest BCUT2D eigenvalue weighted by atomic mass is 16.1. The van der Waals surface area contributed by atoms with Crippen LogP contribution in [-0.4, -0.2) is 35.7 Å². The average Bonchev–Trinajstić information content (AvgIpc) is 2.77. The number of nitrogens with zero attached hydrogens (tertiary/aromatic N) is 3. The Morgan fingerprint density at radius 2 is 2.29 bits per heavy atom. The minimum Gasteiger partial charge on any atom is -0.350 e. The van der Waals surface area contributed by atoms with Crippen molar-refractivity contribution >= 4 is 5.82 Å². The van der Waals surface area contributed by atoms with Crippen molar-refractivity contribution in [1.29, 1.82) is 0 Å². The summed E-state index contributed by atoms with van der Waals surface area (Å²) < 4.78 is 1.73. The molecular weight excluding hydrogens is 216 g/mol. The lowest BCUT2D eigenvalue weighted by atomic mass is 10.3. The fraction of sp³-hybridized carbons (Fsp3) is 0.667. The van der Waals surface area contributed by atoms with Crippen LogP contribution in [0.25, 0.3) is 0 Å². The number of likely N-dealkylation sites (N-methyl/N-ethyl adjacent to an activating group) is 1. The molecule has 5 nitrogen and oxygen atoms in total. The molecule has 0 spiro atoms. The molecule has 1 N–H and O–H groups in total. The van der Waals surface area contributed by atoms with Gasteiger partial charge in [-0.2, -0.15) is 0 Å².